The van der Waals surface area contributed by atoms with Gasteiger partial charge in [0.1, 0.15) is 0 Å². The van der Waals surface area contributed by atoms with E-state index in [1.54, 1.807) is 12.1 Å². The summed E-state index contributed by atoms with van der Waals surface area (Å²) in [7, 11) is -3.19. The fourth-order valence-electron chi connectivity index (χ4n) is 2.82. The summed E-state index contributed by atoms with van der Waals surface area (Å²) in [5.74, 6) is 0.631. The molecule has 0 aromatic heterocycles. The summed E-state index contributed by atoms with van der Waals surface area (Å²) < 4.78 is 24.5. The maximum absolute atomic E-state index is 12.2. The van der Waals surface area contributed by atoms with Crippen molar-refractivity contribution < 1.29 is 8.42 Å². The summed E-state index contributed by atoms with van der Waals surface area (Å²) in [6.07, 6.45) is 3.99. The average Bonchev–Trinajstić information content (AvgIpc) is 2.82. The summed E-state index contributed by atoms with van der Waals surface area (Å²) in [5, 5.41) is 3.29. The van der Waals surface area contributed by atoms with Crippen molar-refractivity contribution in [3.05, 3.63) is 24.3 Å². The van der Waals surface area contributed by atoms with Gasteiger partial charge in [0.25, 0.3) is 0 Å². The van der Waals surface area contributed by atoms with Crippen LogP contribution in [-0.4, -0.2) is 26.8 Å². The number of sulfone groups is 1. The second-order valence-corrected chi connectivity index (χ2v) is 7.63. The third-order valence-electron chi connectivity index (χ3n) is 3.97. The topological polar surface area (TPSA) is 72.2 Å². The van der Waals surface area contributed by atoms with Gasteiger partial charge in [-0.2, -0.15) is 0 Å². The van der Waals surface area contributed by atoms with Crippen LogP contribution in [0.15, 0.2) is 29.2 Å². The molecule has 0 spiro atoms. The lowest BCUT2D eigenvalue weighted by Gasteiger charge is -2.18. The number of rotatable bonds is 6. The molecule has 20 heavy (non-hydrogen) atoms. The van der Waals surface area contributed by atoms with E-state index < -0.39 is 9.84 Å². The number of nitrogens with two attached hydrogens (primary N) is 1. The van der Waals surface area contributed by atoms with Gasteiger partial charge in [0.15, 0.2) is 9.84 Å². The number of para-hydroxylation sites is 1. The average molecular weight is 296 g/mol. The zero-order valence-electron chi connectivity index (χ0n) is 12.0. The summed E-state index contributed by atoms with van der Waals surface area (Å²) in [6, 6.07) is 7.39. The molecule has 1 aliphatic carbocycles. The number of hydrogen-bond donors (Lipinski definition) is 2. The van der Waals surface area contributed by atoms with Gasteiger partial charge >= 0.3 is 0 Å². The molecule has 0 amide bonds. The molecule has 1 fully saturated rings. The summed E-state index contributed by atoms with van der Waals surface area (Å²) >= 11 is 0. The molecule has 0 saturated heterocycles. The molecule has 0 aliphatic heterocycles. The van der Waals surface area contributed by atoms with Crippen LogP contribution in [0.5, 0.6) is 0 Å². The second kappa shape index (κ2) is 6.59. The molecule has 2 atom stereocenters. The highest BCUT2D eigenvalue weighted by Crippen LogP contribution is 2.27. The van der Waals surface area contributed by atoms with Crippen molar-refractivity contribution in [2.24, 2.45) is 11.7 Å². The molecule has 0 heterocycles. The lowest BCUT2D eigenvalue weighted by Crippen LogP contribution is -2.29. The summed E-state index contributed by atoms with van der Waals surface area (Å²) in [5.41, 5.74) is 6.76. The number of hydrogen-bond acceptors (Lipinski definition) is 4. The van der Waals surface area contributed by atoms with E-state index in [1.165, 1.54) is 6.42 Å². The van der Waals surface area contributed by atoms with Gasteiger partial charge in [0, 0.05) is 12.6 Å². The zero-order chi connectivity index (χ0) is 14.6. The first-order chi connectivity index (χ1) is 9.54. The van der Waals surface area contributed by atoms with Crippen molar-refractivity contribution >= 4 is 15.5 Å². The van der Waals surface area contributed by atoms with Gasteiger partial charge in [-0.15, -0.1) is 0 Å². The van der Waals surface area contributed by atoms with Crippen molar-refractivity contribution in [3.63, 3.8) is 0 Å². The van der Waals surface area contributed by atoms with Crippen LogP contribution in [0.1, 0.15) is 32.6 Å². The van der Waals surface area contributed by atoms with Crippen LogP contribution in [0.2, 0.25) is 0 Å². The maximum Gasteiger partial charge on any atom is 0.180 e. The molecule has 1 aliphatic rings. The molecule has 5 heteroatoms. The minimum absolute atomic E-state index is 0.189. The van der Waals surface area contributed by atoms with Crippen LogP contribution >= 0.6 is 0 Å². The van der Waals surface area contributed by atoms with Crippen molar-refractivity contribution in [2.45, 2.75) is 43.5 Å². The predicted molar refractivity (Wildman–Crippen MR) is 82.6 cm³/mol. The number of benzene rings is 1. The molecule has 0 radical (unpaired) electrons. The standard InChI is InChI=1S/C15H24N2O2S/c1-2-10-20(18,19)15-9-4-3-8-14(15)17-11-12-6-5-7-13(12)16/h3-4,8-9,12-13,17H,2,5-7,10-11,16H2,1H3. The van der Waals surface area contributed by atoms with E-state index in [0.717, 1.165) is 19.4 Å². The highest BCUT2D eigenvalue weighted by atomic mass is 32.2. The van der Waals surface area contributed by atoms with Gasteiger partial charge in [-0.05, 0) is 37.3 Å². The SMILES string of the molecule is CCCS(=O)(=O)c1ccccc1NCC1CCCC1N. The van der Waals surface area contributed by atoms with Crippen LogP contribution in [-0.2, 0) is 9.84 Å². The minimum Gasteiger partial charge on any atom is -0.384 e. The lowest BCUT2D eigenvalue weighted by atomic mass is 10.0. The largest absolute Gasteiger partial charge is 0.384 e. The Morgan fingerprint density at radius 1 is 1.30 bits per heavy atom. The molecular formula is C15H24N2O2S. The Labute approximate surface area is 121 Å². The Kier molecular flexibility index (Phi) is 5.05. The predicted octanol–water partition coefficient (Wildman–Crippen LogP) is 2.41. The normalized spacial score (nSPS) is 22.9. The molecule has 2 unspecified atom stereocenters. The van der Waals surface area contributed by atoms with E-state index in [2.05, 4.69) is 5.32 Å². The Morgan fingerprint density at radius 3 is 2.70 bits per heavy atom. The van der Waals surface area contributed by atoms with E-state index in [0.29, 0.717) is 22.9 Å². The van der Waals surface area contributed by atoms with Crippen LogP contribution < -0.4 is 11.1 Å². The van der Waals surface area contributed by atoms with E-state index >= 15 is 0 Å². The van der Waals surface area contributed by atoms with E-state index in [-0.39, 0.29) is 11.8 Å². The fraction of sp³-hybridized carbons (Fsp3) is 0.600. The van der Waals surface area contributed by atoms with Gasteiger partial charge in [0.2, 0.25) is 0 Å². The Balaban J connectivity index is 2.12. The van der Waals surface area contributed by atoms with Gasteiger partial charge in [-0.1, -0.05) is 25.5 Å². The van der Waals surface area contributed by atoms with Crippen molar-refractivity contribution in [1.82, 2.24) is 0 Å². The Hall–Kier alpha value is -1.07. The first kappa shape index (κ1) is 15.3. The monoisotopic (exact) mass is 296 g/mol. The highest BCUT2D eigenvalue weighted by molar-refractivity contribution is 7.91. The van der Waals surface area contributed by atoms with Gasteiger partial charge < -0.3 is 11.1 Å². The molecule has 1 aromatic carbocycles. The molecular weight excluding hydrogens is 272 g/mol. The molecule has 112 valence electrons. The summed E-state index contributed by atoms with van der Waals surface area (Å²) in [4.78, 5) is 0.411. The molecule has 2 rings (SSSR count). The van der Waals surface area contributed by atoms with Crippen LogP contribution in [0.3, 0.4) is 0 Å². The van der Waals surface area contributed by atoms with Gasteiger partial charge in [-0.25, -0.2) is 8.42 Å². The molecule has 1 saturated carbocycles. The van der Waals surface area contributed by atoms with Gasteiger partial charge in [0.05, 0.1) is 16.3 Å². The highest BCUT2D eigenvalue weighted by Gasteiger charge is 2.24. The Morgan fingerprint density at radius 2 is 2.05 bits per heavy atom. The first-order valence-corrected chi connectivity index (χ1v) is 9.01. The Bertz CT molecular complexity index is 543. The smallest absolute Gasteiger partial charge is 0.180 e. The van der Waals surface area contributed by atoms with E-state index in [1.807, 2.05) is 19.1 Å². The van der Waals surface area contributed by atoms with Crippen molar-refractivity contribution in [1.29, 1.82) is 0 Å². The first-order valence-electron chi connectivity index (χ1n) is 7.36. The quantitative estimate of drug-likeness (QED) is 0.845. The van der Waals surface area contributed by atoms with Crippen molar-refractivity contribution in [3.8, 4) is 0 Å². The lowest BCUT2D eigenvalue weighted by molar-refractivity contribution is 0.504. The molecule has 0 bridgehead atoms. The molecule has 3 N–H and O–H groups in total. The zero-order valence-corrected chi connectivity index (χ0v) is 12.8. The van der Waals surface area contributed by atoms with Crippen molar-refractivity contribution in [2.75, 3.05) is 17.6 Å². The van der Waals surface area contributed by atoms with E-state index in [9.17, 15) is 8.42 Å². The number of anilines is 1. The van der Waals surface area contributed by atoms with Gasteiger partial charge in [-0.3, -0.25) is 0 Å². The minimum atomic E-state index is -3.19. The third-order valence-corrected chi connectivity index (χ3v) is 5.94. The maximum atomic E-state index is 12.2. The summed E-state index contributed by atoms with van der Waals surface area (Å²) in [6.45, 7) is 2.63. The van der Waals surface area contributed by atoms with Crippen LogP contribution in [0.25, 0.3) is 0 Å². The third kappa shape index (κ3) is 3.52. The van der Waals surface area contributed by atoms with Crippen LogP contribution in [0.4, 0.5) is 5.69 Å². The number of nitrogens with one attached hydrogen (secondary N) is 1. The van der Waals surface area contributed by atoms with E-state index in [4.69, 9.17) is 5.73 Å². The molecule has 1 aromatic rings. The second-order valence-electron chi connectivity index (χ2n) is 5.55. The van der Waals surface area contributed by atoms with Crippen LogP contribution in [0, 0.1) is 5.92 Å². The molecule has 4 nitrogen and oxygen atoms in total. The fourth-order valence-corrected chi connectivity index (χ4v) is 4.34.